The van der Waals surface area contributed by atoms with E-state index in [2.05, 4.69) is 5.32 Å². The second-order valence-corrected chi connectivity index (χ2v) is 3.27. The summed E-state index contributed by atoms with van der Waals surface area (Å²) in [4.78, 5) is 11.3. The highest BCUT2D eigenvalue weighted by atomic mass is 19.3. The smallest absolute Gasteiger partial charge is 0.263 e. The van der Waals surface area contributed by atoms with Crippen molar-refractivity contribution in [3.8, 4) is 6.07 Å². The lowest BCUT2D eigenvalue weighted by Gasteiger charge is -2.07. The molecule has 84 valence electrons. The molecule has 0 aliphatic heterocycles. The maximum absolute atomic E-state index is 12.3. The number of amides is 1. The fourth-order valence-electron chi connectivity index (χ4n) is 1.06. The first-order valence-corrected chi connectivity index (χ1v) is 4.63. The summed E-state index contributed by atoms with van der Waals surface area (Å²) in [5.41, 5.74) is 0.104. The van der Waals surface area contributed by atoms with Crippen LogP contribution in [0.25, 0.3) is 0 Å². The number of anilines is 1. The Balaban J connectivity index is 2.79. The zero-order valence-corrected chi connectivity index (χ0v) is 8.58. The van der Waals surface area contributed by atoms with Gasteiger partial charge in [0.1, 0.15) is 5.92 Å². The molecule has 1 atom stereocenters. The van der Waals surface area contributed by atoms with Crippen molar-refractivity contribution in [3.05, 3.63) is 29.8 Å². The molecular weight excluding hydrogens is 214 g/mol. The van der Waals surface area contributed by atoms with Crippen LogP contribution in [0.15, 0.2) is 24.3 Å². The summed E-state index contributed by atoms with van der Waals surface area (Å²) in [6, 6.07) is 7.14. The van der Waals surface area contributed by atoms with Crippen LogP contribution in [0.5, 0.6) is 0 Å². The normalized spacial score (nSPS) is 11.9. The molecule has 1 unspecified atom stereocenters. The van der Waals surface area contributed by atoms with E-state index in [1.807, 2.05) is 0 Å². The highest BCUT2D eigenvalue weighted by Gasteiger charge is 2.13. The van der Waals surface area contributed by atoms with E-state index >= 15 is 0 Å². The fraction of sp³-hybridized carbons (Fsp3) is 0.273. The minimum Gasteiger partial charge on any atom is -0.325 e. The Morgan fingerprint density at radius 1 is 1.50 bits per heavy atom. The van der Waals surface area contributed by atoms with E-state index in [4.69, 9.17) is 5.26 Å². The maximum atomic E-state index is 12.3. The van der Waals surface area contributed by atoms with Crippen molar-refractivity contribution < 1.29 is 13.6 Å². The Morgan fingerprint density at radius 2 is 2.19 bits per heavy atom. The van der Waals surface area contributed by atoms with Gasteiger partial charge in [0.05, 0.1) is 6.07 Å². The third-order valence-electron chi connectivity index (χ3n) is 1.99. The largest absolute Gasteiger partial charge is 0.325 e. The summed E-state index contributed by atoms with van der Waals surface area (Å²) < 4.78 is 24.7. The van der Waals surface area contributed by atoms with Gasteiger partial charge in [-0.25, -0.2) is 8.78 Å². The minimum atomic E-state index is -2.58. The van der Waals surface area contributed by atoms with Crippen LogP contribution in [-0.2, 0) is 4.79 Å². The predicted molar refractivity (Wildman–Crippen MR) is 54.8 cm³/mol. The zero-order chi connectivity index (χ0) is 12.1. The second kappa shape index (κ2) is 5.21. The van der Waals surface area contributed by atoms with E-state index in [1.54, 1.807) is 6.07 Å². The molecule has 16 heavy (non-hydrogen) atoms. The van der Waals surface area contributed by atoms with Crippen molar-refractivity contribution in [2.45, 2.75) is 13.3 Å². The van der Waals surface area contributed by atoms with Gasteiger partial charge in [0.15, 0.2) is 0 Å². The highest BCUT2D eigenvalue weighted by Crippen LogP contribution is 2.21. The number of hydrogen-bond donors (Lipinski definition) is 1. The number of nitrogens with one attached hydrogen (secondary N) is 1. The molecule has 0 aliphatic rings. The molecule has 3 nitrogen and oxygen atoms in total. The van der Waals surface area contributed by atoms with E-state index < -0.39 is 18.3 Å². The number of nitrogens with zero attached hydrogens (tertiary/aromatic N) is 1. The Hall–Kier alpha value is -1.96. The van der Waals surface area contributed by atoms with Crippen molar-refractivity contribution in [2.75, 3.05) is 5.32 Å². The molecule has 1 N–H and O–H groups in total. The molecule has 0 saturated heterocycles. The van der Waals surface area contributed by atoms with Crippen molar-refractivity contribution in [3.63, 3.8) is 0 Å². The molecule has 1 aromatic rings. The van der Waals surface area contributed by atoms with Crippen LogP contribution in [-0.4, -0.2) is 5.91 Å². The molecule has 0 spiro atoms. The first-order valence-electron chi connectivity index (χ1n) is 4.63. The maximum Gasteiger partial charge on any atom is 0.263 e. The topological polar surface area (TPSA) is 52.9 Å². The van der Waals surface area contributed by atoms with E-state index in [-0.39, 0.29) is 11.3 Å². The van der Waals surface area contributed by atoms with Gasteiger partial charge in [-0.1, -0.05) is 12.1 Å². The Kier molecular flexibility index (Phi) is 3.95. The molecule has 1 rings (SSSR count). The average molecular weight is 224 g/mol. The summed E-state index contributed by atoms with van der Waals surface area (Å²) in [6.07, 6.45) is -2.58. The SMILES string of the molecule is CC(C#N)C(=O)Nc1cccc(C(F)F)c1. The predicted octanol–water partition coefficient (Wildman–Crippen LogP) is 2.72. The summed E-state index contributed by atoms with van der Waals surface area (Å²) >= 11 is 0. The lowest BCUT2D eigenvalue weighted by Crippen LogP contribution is -2.18. The number of carbonyl (C=O) groups is 1. The molecule has 0 radical (unpaired) electrons. The quantitative estimate of drug-likeness (QED) is 0.858. The number of rotatable bonds is 3. The molecule has 1 amide bonds. The zero-order valence-electron chi connectivity index (χ0n) is 8.58. The Bertz CT molecular complexity index is 426. The monoisotopic (exact) mass is 224 g/mol. The van der Waals surface area contributed by atoms with Gasteiger partial charge in [-0.2, -0.15) is 5.26 Å². The van der Waals surface area contributed by atoms with Gasteiger partial charge in [-0.3, -0.25) is 4.79 Å². The Morgan fingerprint density at radius 3 is 2.75 bits per heavy atom. The molecule has 1 aromatic carbocycles. The van der Waals surface area contributed by atoms with Gasteiger partial charge in [0, 0.05) is 11.3 Å². The van der Waals surface area contributed by atoms with Crippen molar-refractivity contribution in [1.29, 1.82) is 5.26 Å². The first kappa shape index (κ1) is 12.1. The summed E-state index contributed by atoms with van der Waals surface area (Å²) in [5.74, 6) is -1.32. The molecule has 0 bridgehead atoms. The number of halogens is 2. The van der Waals surface area contributed by atoms with Gasteiger partial charge >= 0.3 is 0 Å². The van der Waals surface area contributed by atoms with Crippen LogP contribution >= 0.6 is 0 Å². The molecule has 0 fully saturated rings. The Labute approximate surface area is 91.7 Å². The van der Waals surface area contributed by atoms with Crippen molar-refractivity contribution in [1.82, 2.24) is 0 Å². The van der Waals surface area contributed by atoms with Crippen LogP contribution in [0.2, 0.25) is 0 Å². The van der Waals surface area contributed by atoms with E-state index in [9.17, 15) is 13.6 Å². The molecule has 0 saturated carbocycles. The van der Waals surface area contributed by atoms with Crippen LogP contribution in [0.1, 0.15) is 18.9 Å². The summed E-state index contributed by atoms with van der Waals surface area (Å²) in [7, 11) is 0. The van der Waals surface area contributed by atoms with Crippen LogP contribution in [0.4, 0.5) is 14.5 Å². The van der Waals surface area contributed by atoms with E-state index in [1.165, 1.54) is 31.2 Å². The fourth-order valence-corrected chi connectivity index (χ4v) is 1.06. The molecule has 5 heteroatoms. The van der Waals surface area contributed by atoms with E-state index in [0.717, 1.165) is 0 Å². The van der Waals surface area contributed by atoms with Crippen LogP contribution in [0.3, 0.4) is 0 Å². The first-order chi connectivity index (χ1) is 7.54. The molecular formula is C11H10F2N2O. The number of benzene rings is 1. The highest BCUT2D eigenvalue weighted by molar-refractivity contribution is 5.93. The van der Waals surface area contributed by atoms with E-state index in [0.29, 0.717) is 0 Å². The third kappa shape index (κ3) is 3.02. The van der Waals surface area contributed by atoms with Crippen molar-refractivity contribution >= 4 is 11.6 Å². The number of hydrogen-bond acceptors (Lipinski definition) is 2. The molecule has 0 heterocycles. The van der Waals surface area contributed by atoms with Crippen molar-refractivity contribution in [2.24, 2.45) is 5.92 Å². The minimum absolute atomic E-state index is 0.164. The lowest BCUT2D eigenvalue weighted by molar-refractivity contribution is -0.117. The third-order valence-corrected chi connectivity index (χ3v) is 1.99. The number of nitriles is 1. The van der Waals surface area contributed by atoms with Gasteiger partial charge in [0.25, 0.3) is 6.43 Å². The van der Waals surface area contributed by atoms with Gasteiger partial charge < -0.3 is 5.32 Å². The summed E-state index contributed by atoms with van der Waals surface area (Å²) in [6.45, 7) is 1.44. The average Bonchev–Trinajstić information content (AvgIpc) is 2.28. The second-order valence-electron chi connectivity index (χ2n) is 3.27. The number of alkyl halides is 2. The standard InChI is InChI=1S/C11H10F2N2O/c1-7(6-14)11(16)15-9-4-2-3-8(5-9)10(12)13/h2-5,7,10H,1H3,(H,15,16). The van der Waals surface area contributed by atoms with Gasteiger partial charge in [0.2, 0.25) is 5.91 Å². The van der Waals surface area contributed by atoms with Gasteiger partial charge in [-0.15, -0.1) is 0 Å². The molecule has 0 aliphatic carbocycles. The van der Waals surface area contributed by atoms with Crippen LogP contribution in [0, 0.1) is 17.2 Å². The lowest BCUT2D eigenvalue weighted by atomic mass is 10.1. The number of carbonyl (C=O) groups excluding carboxylic acids is 1. The van der Waals surface area contributed by atoms with Crippen LogP contribution < -0.4 is 5.32 Å². The van der Waals surface area contributed by atoms with Gasteiger partial charge in [-0.05, 0) is 19.1 Å². The molecule has 0 aromatic heterocycles. The summed E-state index contributed by atoms with van der Waals surface area (Å²) in [5, 5.41) is 10.9.